The van der Waals surface area contributed by atoms with Crippen LogP contribution in [0.2, 0.25) is 0 Å². The van der Waals surface area contributed by atoms with Crippen molar-refractivity contribution < 1.29 is 41.6 Å². The van der Waals surface area contributed by atoms with Crippen molar-refractivity contribution in [2.75, 3.05) is 19.7 Å². The number of pyridine rings is 1. The molecule has 1 atom stereocenters. The Bertz CT molecular complexity index is 2400. The predicted molar refractivity (Wildman–Crippen MR) is 200 cm³/mol. The van der Waals surface area contributed by atoms with Crippen molar-refractivity contribution in [3.63, 3.8) is 0 Å². The average Bonchev–Trinajstić information content (AvgIpc) is 3.93. The van der Waals surface area contributed by atoms with Crippen molar-refractivity contribution in [2.45, 2.75) is 78.1 Å². The molecule has 2 aliphatic rings. The van der Waals surface area contributed by atoms with Gasteiger partial charge in [0.15, 0.2) is 17.5 Å². The van der Waals surface area contributed by atoms with E-state index in [2.05, 4.69) is 10.1 Å². The van der Waals surface area contributed by atoms with Crippen molar-refractivity contribution in [3.05, 3.63) is 116 Å². The number of aryl methyl sites for hydroxylation is 2. The van der Waals surface area contributed by atoms with Gasteiger partial charge in [0, 0.05) is 31.7 Å². The van der Waals surface area contributed by atoms with Crippen molar-refractivity contribution in [1.29, 1.82) is 0 Å². The Morgan fingerprint density at radius 2 is 1.65 bits per heavy atom. The van der Waals surface area contributed by atoms with Crippen LogP contribution >= 0.6 is 0 Å². The number of nitrogens with zero attached hydrogens (tertiary/aromatic N) is 5. The fourth-order valence-corrected chi connectivity index (χ4v) is 7.45. The Morgan fingerprint density at radius 1 is 0.912 bits per heavy atom. The Hall–Kier alpha value is -6.19. The van der Waals surface area contributed by atoms with E-state index in [1.54, 1.807) is 56.5 Å². The number of aromatic nitrogens is 4. The van der Waals surface area contributed by atoms with Gasteiger partial charge < -0.3 is 18.9 Å². The Balaban J connectivity index is 1.44. The molecule has 0 unspecified atom stereocenters. The van der Waals surface area contributed by atoms with Gasteiger partial charge in [0.05, 0.1) is 40.9 Å². The van der Waals surface area contributed by atoms with Gasteiger partial charge in [-0.25, -0.2) is 27.6 Å². The molecule has 3 aromatic heterocycles. The number of ether oxygens (including phenoxy) is 2. The van der Waals surface area contributed by atoms with Crippen LogP contribution in [0.5, 0.6) is 0 Å². The number of aromatic amines is 1. The van der Waals surface area contributed by atoms with Gasteiger partial charge in [-0.1, -0.05) is 23.4 Å². The number of H-pyrrole nitrogens is 1. The van der Waals surface area contributed by atoms with E-state index < -0.39 is 52.8 Å². The van der Waals surface area contributed by atoms with Gasteiger partial charge in [-0.15, -0.1) is 0 Å². The molecule has 1 saturated heterocycles. The minimum atomic E-state index is -1.02. The predicted octanol–water partition coefficient (Wildman–Crippen LogP) is 7.00. The number of rotatable bonds is 10. The number of fused-ring (bicyclic) bond motifs is 1. The number of nitrogens with one attached hydrogen (secondary N) is 1. The number of likely N-dealkylation sites (tertiary alicyclic amines) is 1. The van der Waals surface area contributed by atoms with Crippen LogP contribution in [0.25, 0.3) is 22.6 Å². The van der Waals surface area contributed by atoms with E-state index in [-0.39, 0.29) is 66.6 Å². The van der Waals surface area contributed by atoms with Crippen LogP contribution in [0.3, 0.4) is 0 Å². The van der Waals surface area contributed by atoms with Gasteiger partial charge in [0.2, 0.25) is 0 Å². The third-order valence-electron chi connectivity index (χ3n) is 9.91. The molecule has 2 aliphatic heterocycles. The summed E-state index contributed by atoms with van der Waals surface area (Å²) in [6.45, 7) is 7.65. The van der Waals surface area contributed by atoms with Crippen LogP contribution in [-0.4, -0.2) is 72.8 Å². The number of halogens is 3. The van der Waals surface area contributed by atoms with Crippen LogP contribution in [0, 0.1) is 17.5 Å². The lowest BCUT2D eigenvalue weighted by atomic mass is 9.90. The molecule has 0 aliphatic carbocycles. The lowest BCUT2D eigenvalue weighted by Gasteiger charge is -2.31. The van der Waals surface area contributed by atoms with Crippen molar-refractivity contribution >= 4 is 18.0 Å². The first-order valence-corrected chi connectivity index (χ1v) is 18.7. The van der Waals surface area contributed by atoms with Gasteiger partial charge >= 0.3 is 17.8 Å². The third kappa shape index (κ3) is 8.07. The zero-order chi connectivity index (χ0) is 40.6. The summed E-state index contributed by atoms with van der Waals surface area (Å²) in [5, 5.41) is 4.03. The number of esters is 1. The zero-order valence-corrected chi connectivity index (χ0v) is 31.9. The van der Waals surface area contributed by atoms with Gasteiger partial charge in [-0.3, -0.25) is 24.2 Å². The standard InChI is InChI=1S/C41H41F3N6O7/c1-5-55-38(52)34-33(29-16-17-31-37(51)48(19-20-49(29)31)22-24-10-14-26(43)27(44)21-24)32(36-46-39(53)57-47-36)28(15-11-23-8-12-25(42)13-9-23)45-35(34)30-7-6-18-50(30)40(54)56-41(2,3)4/h8-10,12-14,16-17,21,30H,5-7,11,15,18-20,22H2,1-4H3,(H,46,47,53)/t30-/m0/s1. The van der Waals surface area contributed by atoms with Crippen LogP contribution in [0.4, 0.5) is 18.0 Å². The van der Waals surface area contributed by atoms with Crippen molar-refractivity contribution in [3.8, 4) is 22.6 Å². The molecule has 7 rings (SSSR count). The maximum Gasteiger partial charge on any atom is 0.439 e. The van der Waals surface area contributed by atoms with Crippen LogP contribution in [0.15, 0.2) is 63.9 Å². The highest BCUT2D eigenvalue weighted by molar-refractivity contribution is 6.04. The first kappa shape index (κ1) is 39.1. The highest BCUT2D eigenvalue weighted by Gasteiger charge is 2.40. The zero-order valence-electron chi connectivity index (χ0n) is 31.9. The molecule has 0 bridgehead atoms. The maximum atomic E-state index is 14.4. The largest absolute Gasteiger partial charge is 0.462 e. The second-order valence-corrected chi connectivity index (χ2v) is 14.9. The summed E-state index contributed by atoms with van der Waals surface area (Å²) in [5.41, 5.74) is 2.07. The minimum absolute atomic E-state index is 0.000689. The number of hydrogen-bond donors (Lipinski definition) is 1. The molecule has 57 heavy (non-hydrogen) atoms. The fourth-order valence-electron chi connectivity index (χ4n) is 7.45. The summed E-state index contributed by atoms with van der Waals surface area (Å²) in [5.74, 6) is -4.49. The van der Waals surface area contributed by atoms with Crippen molar-refractivity contribution in [1.82, 2.24) is 29.5 Å². The van der Waals surface area contributed by atoms with Gasteiger partial charge in [-0.2, -0.15) is 0 Å². The first-order valence-electron chi connectivity index (χ1n) is 18.7. The second kappa shape index (κ2) is 15.7. The molecule has 13 nitrogen and oxygen atoms in total. The SMILES string of the molecule is CCOC(=O)c1c([C@@H]2CCCN2C(=O)OC(C)(C)C)nc(CCc2ccc(F)cc2)c(-c2noc(=O)[nH]2)c1-c1ccc2n1CCN(Cc1ccc(F)c(F)c1)C2=O. The average molecular weight is 787 g/mol. The van der Waals surface area contributed by atoms with Crippen molar-refractivity contribution in [2.24, 2.45) is 0 Å². The molecule has 0 saturated carbocycles. The highest BCUT2D eigenvalue weighted by atomic mass is 19.2. The Morgan fingerprint density at radius 3 is 2.33 bits per heavy atom. The normalized spacial score (nSPS) is 15.6. The number of carbonyl (C=O) groups excluding carboxylic acids is 3. The monoisotopic (exact) mass is 786 g/mol. The summed E-state index contributed by atoms with van der Waals surface area (Å²) in [6, 6.07) is 12.0. The van der Waals surface area contributed by atoms with Crippen LogP contribution < -0.4 is 5.76 Å². The fraction of sp³-hybridized carbons (Fsp3) is 0.366. The number of hydrogen-bond acceptors (Lipinski definition) is 9. The highest BCUT2D eigenvalue weighted by Crippen LogP contribution is 2.44. The van der Waals surface area contributed by atoms with Crippen LogP contribution in [-0.2, 0) is 35.4 Å². The molecular weight excluding hydrogens is 745 g/mol. The number of amides is 2. The second-order valence-electron chi connectivity index (χ2n) is 14.9. The summed E-state index contributed by atoms with van der Waals surface area (Å²) in [4.78, 5) is 65.4. The maximum absolute atomic E-state index is 14.4. The lowest BCUT2D eigenvalue weighted by Crippen LogP contribution is -2.39. The number of benzene rings is 2. The lowest BCUT2D eigenvalue weighted by molar-refractivity contribution is 0.0217. The van der Waals surface area contributed by atoms with E-state index in [1.165, 1.54) is 28.0 Å². The van der Waals surface area contributed by atoms with E-state index in [0.29, 0.717) is 42.8 Å². The van der Waals surface area contributed by atoms with E-state index in [0.717, 1.165) is 17.7 Å². The van der Waals surface area contributed by atoms with Gasteiger partial charge in [0.25, 0.3) is 5.91 Å². The summed E-state index contributed by atoms with van der Waals surface area (Å²) in [7, 11) is 0. The Kier molecular flexibility index (Phi) is 10.8. The molecule has 5 heterocycles. The molecule has 16 heteroatoms. The first-order chi connectivity index (χ1) is 27.2. The molecular formula is C41H41F3N6O7. The molecule has 5 aromatic rings. The molecule has 2 aromatic carbocycles. The molecule has 298 valence electrons. The number of carbonyl (C=O) groups is 3. The molecule has 0 spiro atoms. The molecule has 1 fully saturated rings. The van der Waals surface area contributed by atoms with E-state index in [4.69, 9.17) is 19.0 Å². The van der Waals surface area contributed by atoms with E-state index in [1.807, 2.05) is 0 Å². The van der Waals surface area contributed by atoms with E-state index >= 15 is 0 Å². The molecule has 2 amide bonds. The smallest absolute Gasteiger partial charge is 0.439 e. The summed E-state index contributed by atoms with van der Waals surface area (Å²) >= 11 is 0. The quantitative estimate of drug-likeness (QED) is 0.148. The van der Waals surface area contributed by atoms with Crippen LogP contribution in [0.1, 0.15) is 89.9 Å². The Labute approximate surface area is 325 Å². The van der Waals surface area contributed by atoms with Gasteiger partial charge in [-0.05, 0) is 101 Å². The minimum Gasteiger partial charge on any atom is -0.462 e. The summed E-state index contributed by atoms with van der Waals surface area (Å²) in [6.07, 6.45) is 0.971. The van der Waals surface area contributed by atoms with Gasteiger partial charge in [0.1, 0.15) is 17.1 Å². The third-order valence-corrected chi connectivity index (χ3v) is 9.91. The van der Waals surface area contributed by atoms with E-state index in [9.17, 15) is 32.3 Å². The molecule has 1 N–H and O–H groups in total. The summed E-state index contributed by atoms with van der Waals surface area (Å²) < 4.78 is 59.8. The molecule has 0 radical (unpaired) electrons. The topological polar surface area (TPSA) is 153 Å².